The SMILES string of the molecule is CNC1CCCCC1c1c(C)cc(C)cc1F. The van der Waals surface area contributed by atoms with E-state index in [1.54, 1.807) is 6.07 Å². The van der Waals surface area contributed by atoms with E-state index in [-0.39, 0.29) is 5.82 Å². The average Bonchev–Trinajstić information content (AvgIpc) is 2.28. The molecule has 0 amide bonds. The number of benzene rings is 1. The van der Waals surface area contributed by atoms with E-state index < -0.39 is 0 Å². The molecule has 0 radical (unpaired) electrons. The molecular formula is C15H22FN. The maximum Gasteiger partial charge on any atom is 0.127 e. The summed E-state index contributed by atoms with van der Waals surface area (Å²) in [5, 5.41) is 3.35. The van der Waals surface area contributed by atoms with E-state index in [1.165, 1.54) is 12.8 Å². The molecule has 1 aromatic rings. The fourth-order valence-corrected chi connectivity index (χ4v) is 3.22. The fourth-order valence-electron chi connectivity index (χ4n) is 3.22. The first-order valence-electron chi connectivity index (χ1n) is 6.57. The van der Waals surface area contributed by atoms with Crippen LogP contribution in [0.25, 0.3) is 0 Å². The first-order valence-corrected chi connectivity index (χ1v) is 6.57. The third kappa shape index (κ3) is 2.52. The molecule has 1 nitrogen and oxygen atoms in total. The van der Waals surface area contributed by atoms with Gasteiger partial charge in [0, 0.05) is 12.0 Å². The topological polar surface area (TPSA) is 12.0 Å². The zero-order valence-corrected chi connectivity index (χ0v) is 11.0. The summed E-state index contributed by atoms with van der Waals surface area (Å²) in [7, 11) is 1.99. The van der Waals surface area contributed by atoms with E-state index in [0.717, 1.165) is 29.5 Å². The highest BCUT2D eigenvalue weighted by atomic mass is 19.1. The highest BCUT2D eigenvalue weighted by Gasteiger charge is 2.28. The van der Waals surface area contributed by atoms with Crippen LogP contribution in [0.2, 0.25) is 0 Å². The zero-order chi connectivity index (χ0) is 12.4. The largest absolute Gasteiger partial charge is 0.316 e. The second kappa shape index (κ2) is 5.18. The lowest BCUT2D eigenvalue weighted by Gasteiger charge is -2.33. The molecule has 0 heterocycles. The molecular weight excluding hydrogens is 213 g/mol. The number of hydrogen-bond donors (Lipinski definition) is 1. The van der Waals surface area contributed by atoms with Crippen molar-refractivity contribution in [1.29, 1.82) is 0 Å². The van der Waals surface area contributed by atoms with Gasteiger partial charge < -0.3 is 5.32 Å². The number of halogens is 1. The molecule has 2 rings (SSSR count). The summed E-state index contributed by atoms with van der Waals surface area (Å²) in [6, 6.07) is 4.20. The summed E-state index contributed by atoms with van der Waals surface area (Å²) in [5.74, 6) is 0.323. The Balaban J connectivity index is 2.38. The Morgan fingerprint density at radius 2 is 1.88 bits per heavy atom. The Bertz CT molecular complexity index is 377. The van der Waals surface area contributed by atoms with Crippen molar-refractivity contribution in [2.75, 3.05) is 7.05 Å². The van der Waals surface area contributed by atoms with E-state index >= 15 is 0 Å². The van der Waals surface area contributed by atoms with Gasteiger partial charge in [-0.2, -0.15) is 0 Å². The Labute approximate surface area is 103 Å². The van der Waals surface area contributed by atoms with Crippen molar-refractivity contribution in [3.05, 3.63) is 34.6 Å². The molecule has 1 N–H and O–H groups in total. The van der Waals surface area contributed by atoms with Crippen molar-refractivity contribution in [2.45, 2.75) is 51.5 Å². The average molecular weight is 235 g/mol. The first-order chi connectivity index (χ1) is 8.13. The van der Waals surface area contributed by atoms with E-state index in [0.29, 0.717) is 12.0 Å². The van der Waals surface area contributed by atoms with E-state index in [1.807, 2.05) is 20.9 Å². The highest BCUT2D eigenvalue weighted by Crippen LogP contribution is 2.36. The van der Waals surface area contributed by atoms with Gasteiger partial charge in [-0.3, -0.25) is 0 Å². The normalized spacial score (nSPS) is 24.9. The first kappa shape index (κ1) is 12.6. The lowest BCUT2D eigenvalue weighted by atomic mass is 9.78. The Hall–Kier alpha value is -0.890. The quantitative estimate of drug-likeness (QED) is 0.824. The fraction of sp³-hybridized carbons (Fsp3) is 0.600. The lowest BCUT2D eigenvalue weighted by molar-refractivity contribution is 0.336. The van der Waals surface area contributed by atoms with Crippen LogP contribution in [0.1, 0.15) is 48.3 Å². The molecule has 2 heteroatoms. The van der Waals surface area contributed by atoms with Gasteiger partial charge in [-0.1, -0.05) is 18.9 Å². The molecule has 1 fully saturated rings. The predicted molar refractivity (Wildman–Crippen MR) is 69.9 cm³/mol. The zero-order valence-electron chi connectivity index (χ0n) is 11.0. The molecule has 94 valence electrons. The summed E-state index contributed by atoms with van der Waals surface area (Å²) in [4.78, 5) is 0. The molecule has 1 aliphatic carbocycles. The van der Waals surface area contributed by atoms with Crippen LogP contribution in [0.4, 0.5) is 4.39 Å². The van der Waals surface area contributed by atoms with Crippen LogP contribution < -0.4 is 5.32 Å². The van der Waals surface area contributed by atoms with E-state index in [9.17, 15) is 4.39 Å². The molecule has 2 atom stereocenters. The second-order valence-corrected chi connectivity index (χ2v) is 5.26. The van der Waals surface area contributed by atoms with Crippen LogP contribution in [0.5, 0.6) is 0 Å². The Morgan fingerprint density at radius 3 is 2.53 bits per heavy atom. The molecule has 0 spiro atoms. The molecule has 1 saturated carbocycles. The minimum absolute atomic E-state index is 0.0188. The third-order valence-corrected chi connectivity index (χ3v) is 3.99. The van der Waals surface area contributed by atoms with Crippen LogP contribution in [0.15, 0.2) is 12.1 Å². The van der Waals surface area contributed by atoms with Crippen molar-refractivity contribution in [2.24, 2.45) is 0 Å². The number of rotatable bonds is 2. The minimum Gasteiger partial charge on any atom is -0.316 e. The minimum atomic E-state index is -0.0188. The monoisotopic (exact) mass is 235 g/mol. The van der Waals surface area contributed by atoms with Crippen molar-refractivity contribution in [3.63, 3.8) is 0 Å². The van der Waals surface area contributed by atoms with Gasteiger partial charge in [0.25, 0.3) is 0 Å². The predicted octanol–water partition coefficient (Wildman–Crippen LogP) is 3.69. The summed E-state index contributed by atoms with van der Waals surface area (Å²) < 4.78 is 14.2. The van der Waals surface area contributed by atoms with Crippen LogP contribution in [-0.2, 0) is 0 Å². The van der Waals surface area contributed by atoms with Crippen LogP contribution in [0, 0.1) is 19.7 Å². The molecule has 17 heavy (non-hydrogen) atoms. The number of aryl methyl sites for hydroxylation is 2. The van der Waals surface area contributed by atoms with Gasteiger partial charge in [0.15, 0.2) is 0 Å². The van der Waals surface area contributed by atoms with Crippen LogP contribution >= 0.6 is 0 Å². The van der Waals surface area contributed by atoms with Crippen molar-refractivity contribution >= 4 is 0 Å². The van der Waals surface area contributed by atoms with Gasteiger partial charge in [0.2, 0.25) is 0 Å². The molecule has 1 aromatic carbocycles. The molecule has 0 aliphatic heterocycles. The lowest BCUT2D eigenvalue weighted by Crippen LogP contribution is -2.35. The maximum atomic E-state index is 14.2. The Morgan fingerprint density at radius 1 is 1.18 bits per heavy atom. The number of hydrogen-bond acceptors (Lipinski definition) is 1. The van der Waals surface area contributed by atoms with Crippen molar-refractivity contribution in [3.8, 4) is 0 Å². The standard InChI is InChI=1S/C15H22FN/c1-10-8-11(2)15(13(16)9-10)12-6-4-5-7-14(12)17-3/h8-9,12,14,17H,4-7H2,1-3H3. The van der Waals surface area contributed by atoms with Gasteiger partial charge in [-0.05, 0) is 56.5 Å². The third-order valence-electron chi connectivity index (χ3n) is 3.99. The summed E-state index contributed by atoms with van der Waals surface area (Å²) >= 11 is 0. The number of likely N-dealkylation sites (N-methyl/N-ethyl adjacent to an activating group) is 1. The molecule has 0 bridgehead atoms. The van der Waals surface area contributed by atoms with E-state index in [4.69, 9.17) is 0 Å². The summed E-state index contributed by atoms with van der Waals surface area (Å²) in [5.41, 5.74) is 3.06. The second-order valence-electron chi connectivity index (χ2n) is 5.26. The smallest absolute Gasteiger partial charge is 0.127 e. The van der Waals surface area contributed by atoms with Crippen molar-refractivity contribution in [1.82, 2.24) is 5.32 Å². The Kier molecular flexibility index (Phi) is 3.82. The molecule has 0 saturated heterocycles. The molecule has 0 aromatic heterocycles. The highest BCUT2D eigenvalue weighted by molar-refractivity contribution is 5.35. The number of nitrogens with one attached hydrogen (secondary N) is 1. The van der Waals surface area contributed by atoms with Crippen LogP contribution in [0.3, 0.4) is 0 Å². The van der Waals surface area contributed by atoms with Gasteiger partial charge in [0.05, 0.1) is 0 Å². The van der Waals surface area contributed by atoms with Gasteiger partial charge in [-0.25, -0.2) is 4.39 Å². The van der Waals surface area contributed by atoms with Crippen LogP contribution in [-0.4, -0.2) is 13.1 Å². The van der Waals surface area contributed by atoms with Gasteiger partial charge in [0.1, 0.15) is 5.82 Å². The van der Waals surface area contributed by atoms with Gasteiger partial charge in [-0.15, -0.1) is 0 Å². The van der Waals surface area contributed by atoms with Crippen molar-refractivity contribution < 1.29 is 4.39 Å². The van der Waals surface area contributed by atoms with Gasteiger partial charge >= 0.3 is 0 Å². The maximum absolute atomic E-state index is 14.2. The summed E-state index contributed by atoms with van der Waals surface area (Å²) in [6.45, 7) is 3.99. The molecule has 2 unspecified atom stereocenters. The van der Waals surface area contributed by atoms with E-state index in [2.05, 4.69) is 11.4 Å². The molecule has 1 aliphatic rings. The summed E-state index contributed by atoms with van der Waals surface area (Å²) in [6.07, 6.45) is 4.74.